The summed E-state index contributed by atoms with van der Waals surface area (Å²) in [4.78, 5) is -0.401. The van der Waals surface area contributed by atoms with Crippen molar-refractivity contribution >= 4 is 0 Å². The van der Waals surface area contributed by atoms with Crippen LogP contribution in [0.1, 0.15) is 13.3 Å². The summed E-state index contributed by atoms with van der Waals surface area (Å²) in [7, 11) is 0. The van der Waals surface area contributed by atoms with E-state index < -0.39 is 72.3 Å². The van der Waals surface area contributed by atoms with Crippen molar-refractivity contribution in [3.63, 3.8) is 0 Å². The molecule has 0 N–H and O–H groups in total. The lowest BCUT2D eigenvalue weighted by molar-refractivity contribution is -0.273. The minimum Gasteiger partial charge on any atom is -0.269 e. The Bertz CT molecular complexity index is 470. The Morgan fingerprint density at radius 1 is 0.880 bits per heavy atom. The summed E-state index contributed by atoms with van der Waals surface area (Å²) < 4.78 is 144. The number of hydrogen-bond donors (Lipinski definition) is 0. The smallest absolute Gasteiger partial charge is 0.269 e. The standard InChI is InChI=1S/C13H14F11N/c1-6(2)10(15,13(22,23)24)9(14)25-4-7(11(16,17)18)3-8(5-25)12(19,20)21/h7-9H,1,3-5H2,2H3/t7?,8?,9?,10-/m1/s1. The second-order valence-electron chi connectivity index (χ2n) is 5.99. The predicted molar refractivity (Wildman–Crippen MR) is 64.9 cm³/mol. The molecular weight excluding hydrogens is 379 g/mol. The van der Waals surface area contributed by atoms with Crippen LogP contribution in [-0.4, -0.2) is 48.5 Å². The molecule has 0 aromatic heterocycles. The van der Waals surface area contributed by atoms with Crippen molar-refractivity contribution in [2.75, 3.05) is 13.1 Å². The highest BCUT2D eigenvalue weighted by Gasteiger charge is 2.65. The summed E-state index contributed by atoms with van der Waals surface area (Å²) in [5, 5.41) is 0. The summed E-state index contributed by atoms with van der Waals surface area (Å²) in [5.41, 5.74) is -6.21. The molecule has 0 radical (unpaired) electrons. The Labute approximate surface area is 135 Å². The van der Waals surface area contributed by atoms with Gasteiger partial charge in [0.15, 0.2) is 0 Å². The molecular formula is C13H14F11N. The average Bonchev–Trinajstić information content (AvgIpc) is 2.41. The lowest BCUT2D eigenvalue weighted by Crippen LogP contribution is -2.61. The van der Waals surface area contributed by atoms with Gasteiger partial charge in [-0.25, -0.2) is 8.78 Å². The van der Waals surface area contributed by atoms with Crippen LogP contribution in [0, 0.1) is 11.8 Å². The zero-order valence-corrected chi connectivity index (χ0v) is 12.7. The van der Waals surface area contributed by atoms with Crippen molar-refractivity contribution in [3.05, 3.63) is 12.2 Å². The number of nitrogens with zero attached hydrogens (tertiary/aromatic N) is 1. The van der Waals surface area contributed by atoms with E-state index in [4.69, 9.17) is 0 Å². The molecule has 148 valence electrons. The zero-order valence-electron chi connectivity index (χ0n) is 12.7. The normalized spacial score (nSPS) is 27.7. The molecule has 25 heavy (non-hydrogen) atoms. The molecule has 1 rings (SSSR count). The van der Waals surface area contributed by atoms with Gasteiger partial charge >= 0.3 is 18.5 Å². The summed E-state index contributed by atoms with van der Waals surface area (Å²) in [6, 6.07) is 0. The summed E-state index contributed by atoms with van der Waals surface area (Å²) >= 11 is 0. The van der Waals surface area contributed by atoms with Crippen molar-refractivity contribution in [2.24, 2.45) is 11.8 Å². The third kappa shape index (κ3) is 4.37. The highest BCUT2D eigenvalue weighted by Crippen LogP contribution is 2.47. The van der Waals surface area contributed by atoms with Crippen LogP contribution in [-0.2, 0) is 0 Å². The molecule has 0 aliphatic carbocycles. The molecule has 1 nitrogen and oxygen atoms in total. The Morgan fingerprint density at radius 3 is 1.48 bits per heavy atom. The molecule has 1 saturated heterocycles. The first-order chi connectivity index (χ1) is 10.9. The number of rotatable bonds is 3. The molecule has 0 bridgehead atoms. The molecule has 1 aliphatic rings. The average molecular weight is 393 g/mol. The van der Waals surface area contributed by atoms with Gasteiger partial charge in [-0.3, -0.25) is 4.90 Å². The molecule has 1 fully saturated rings. The maximum atomic E-state index is 14.2. The van der Waals surface area contributed by atoms with Gasteiger partial charge < -0.3 is 0 Å². The molecule has 0 aromatic rings. The van der Waals surface area contributed by atoms with Gasteiger partial charge in [0.2, 0.25) is 6.30 Å². The largest absolute Gasteiger partial charge is 0.430 e. The van der Waals surface area contributed by atoms with E-state index in [2.05, 4.69) is 6.58 Å². The maximum Gasteiger partial charge on any atom is 0.430 e. The minimum absolute atomic E-state index is 0.401. The molecule has 12 heteroatoms. The number of alkyl halides is 11. The van der Waals surface area contributed by atoms with Gasteiger partial charge in [0.05, 0.1) is 11.8 Å². The lowest BCUT2D eigenvalue weighted by atomic mass is 9.86. The minimum atomic E-state index is -5.91. The number of likely N-dealkylation sites (tertiary alicyclic amines) is 1. The van der Waals surface area contributed by atoms with E-state index in [9.17, 15) is 48.3 Å². The van der Waals surface area contributed by atoms with Crippen LogP contribution in [0.15, 0.2) is 12.2 Å². The van der Waals surface area contributed by atoms with E-state index in [1.165, 1.54) is 0 Å². The van der Waals surface area contributed by atoms with E-state index >= 15 is 0 Å². The van der Waals surface area contributed by atoms with Crippen LogP contribution in [0.25, 0.3) is 0 Å². The van der Waals surface area contributed by atoms with Gasteiger partial charge in [-0.05, 0) is 18.9 Å². The molecule has 1 heterocycles. The summed E-state index contributed by atoms with van der Waals surface area (Å²) in [6.45, 7) is 0.0468. The van der Waals surface area contributed by atoms with Crippen molar-refractivity contribution in [3.8, 4) is 0 Å². The third-order valence-electron chi connectivity index (χ3n) is 4.09. The number of hydrogen-bond acceptors (Lipinski definition) is 1. The van der Waals surface area contributed by atoms with E-state index in [-0.39, 0.29) is 0 Å². The van der Waals surface area contributed by atoms with Gasteiger partial charge in [-0.1, -0.05) is 6.58 Å². The van der Waals surface area contributed by atoms with Crippen LogP contribution >= 0.6 is 0 Å². The zero-order chi connectivity index (χ0) is 20.0. The lowest BCUT2D eigenvalue weighted by Gasteiger charge is -2.44. The first-order valence-electron chi connectivity index (χ1n) is 6.85. The van der Waals surface area contributed by atoms with Gasteiger partial charge in [0.25, 0.3) is 5.67 Å². The van der Waals surface area contributed by atoms with Crippen molar-refractivity contribution < 1.29 is 48.3 Å². The topological polar surface area (TPSA) is 3.24 Å². The fraction of sp³-hybridized carbons (Fsp3) is 0.846. The Morgan fingerprint density at radius 2 is 1.24 bits per heavy atom. The monoisotopic (exact) mass is 393 g/mol. The first-order valence-corrected chi connectivity index (χ1v) is 6.85. The van der Waals surface area contributed by atoms with Crippen LogP contribution < -0.4 is 0 Å². The second kappa shape index (κ2) is 6.58. The van der Waals surface area contributed by atoms with E-state index in [0.717, 1.165) is 0 Å². The molecule has 1 aliphatic heterocycles. The molecule has 3 unspecified atom stereocenters. The summed E-state index contributed by atoms with van der Waals surface area (Å²) in [6.07, 6.45) is -21.6. The first kappa shape index (κ1) is 22.0. The van der Waals surface area contributed by atoms with Gasteiger partial charge in [-0.15, -0.1) is 0 Å². The molecule has 4 atom stereocenters. The van der Waals surface area contributed by atoms with E-state index in [1.54, 1.807) is 0 Å². The van der Waals surface area contributed by atoms with Crippen LogP contribution in [0.3, 0.4) is 0 Å². The Hall–Kier alpha value is -1.07. The maximum absolute atomic E-state index is 14.2. The van der Waals surface area contributed by atoms with Crippen molar-refractivity contribution in [1.82, 2.24) is 4.90 Å². The third-order valence-corrected chi connectivity index (χ3v) is 4.09. The fourth-order valence-electron chi connectivity index (χ4n) is 2.62. The van der Waals surface area contributed by atoms with Gasteiger partial charge in [-0.2, -0.15) is 39.5 Å². The molecule has 0 saturated carbocycles. The van der Waals surface area contributed by atoms with Crippen LogP contribution in [0.4, 0.5) is 48.3 Å². The molecule has 0 spiro atoms. The highest BCUT2D eigenvalue weighted by molar-refractivity contribution is 5.18. The highest BCUT2D eigenvalue weighted by atomic mass is 19.4. The Kier molecular flexibility index (Phi) is 5.79. The SMILES string of the molecule is C=C(C)[C@@](F)(C(F)N1CC(C(F)(F)F)CC(C(F)(F)F)C1)C(F)(F)F. The van der Waals surface area contributed by atoms with E-state index in [1.807, 2.05) is 0 Å². The van der Waals surface area contributed by atoms with E-state index in [0.29, 0.717) is 6.92 Å². The Balaban J connectivity index is 3.26. The molecule has 0 aromatic carbocycles. The van der Waals surface area contributed by atoms with Crippen LogP contribution in [0.2, 0.25) is 0 Å². The quantitative estimate of drug-likeness (QED) is 0.362. The van der Waals surface area contributed by atoms with Crippen molar-refractivity contribution in [1.29, 1.82) is 0 Å². The van der Waals surface area contributed by atoms with Gasteiger partial charge in [0, 0.05) is 13.1 Å². The fourth-order valence-corrected chi connectivity index (χ4v) is 2.62. The molecule has 0 amide bonds. The summed E-state index contributed by atoms with van der Waals surface area (Å²) in [5.74, 6) is -5.48. The van der Waals surface area contributed by atoms with Gasteiger partial charge in [0.1, 0.15) is 0 Å². The predicted octanol–water partition coefficient (Wildman–Crippen LogP) is 5.19. The number of halogens is 11. The van der Waals surface area contributed by atoms with Crippen LogP contribution in [0.5, 0.6) is 0 Å². The number of piperidine rings is 1. The second-order valence-corrected chi connectivity index (χ2v) is 5.99. The van der Waals surface area contributed by atoms with Crippen molar-refractivity contribution in [2.45, 2.75) is 43.8 Å².